The summed E-state index contributed by atoms with van der Waals surface area (Å²) in [6, 6.07) is 9.80. The Morgan fingerprint density at radius 1 is 1.26 bits per heavy atom. The van der Waals surface area contributed by atoms with Gasteiger partial charge >= 0.3 is 12.3 Å². The number of nitrogens with zero attached hydrogens (tertiary/aromatic N) is 4. The van der Waals surface area contributed by atoms with Crippen molar-refractivity contribution in [2.24, 2.45) is 0 Å². The molecular weight excluding hydrogens is 467 g/mol. The van der Waals surface area contributed by atoms with Crippen molar-refractivity contribution < 1.29 is 31.9 Å². The SMILES string of the molecule is C=CCOC(=O)N1CCN(C(C)(C#N)c2ccc(-c3ccncc3)o2)CC1.O=CNCC(F)(F)F. The number of pyridine rings is 1. The number of carbonyl (C=O) groups is 2. The average molecular weight is 493 g/mol. The van der Waals surface area contributed by atoms with Crippen LogP contribution < -0.4 is 5.32 Å². The molecule has 1 aliphatic heterocycles. The highest BCUT2D eigenvalue weighted by Crippen LogP contribution is 2.33. The van der Waals surface area contributed by atoms with E-state index in [0.29, 0.717) is 37.7 Å². The molecule has 3 heterocycles. The molecule has 1 unspecified atom stereocenters. The smallest absolute Gasteiger partial charge is 0.410 e. The molecule has 0 saturated carbocycles. The lowest BCUT2D eigenvalue weighted by Gasteiger charge is -2.40. The molecule has 12 heteroatoms. The molecule has 1 saturated heterocycles. The number of ether oxygens (including phenoxy) is 1. The van der Waals surface area contributed by atoms with E-state index >= 15 is 0 Å². The van der Waals surface area contributed by atoms with Gasteiger partial charge in [0.1, 0.15) is 24.7 Å². The summed E-state index contributed by atoms with van der Waals surface area (Å²) >= 11 is 0. The minimum absolute atomic E-state index is 0.00743. The molecule has 0 aliphatic carbocycles. The number of rotatable bonds is 7. The Bertz CT molecular complexity index is 1010. The molecule has 2 amide bonds. The standard InChI is InChI=1S/C20H22N4O3.C3H4F3NO/c1-3-14-26-19(25)23-10-12-24(13-11-23)20(2,15-21)18-5-4-17(27-18)16-6-8-22-9-7-16;4-3(5,6)1-7-2-8/h3-9H,1,10-14H2,2H3;2H,1H2,(H,7,8). The fraction of sp³-hybridized carbons (Fsp3) is 0.391. The topological polar surface area (TPSA) is 112 Å². The second kappa shape index (κ2) is 12.6. The van der Waals surface area contributed by atoms with Crippen LogP contribution in [0.3, 0.4) is 0 Å². The van der Waals surface area contributed by atoms with E-state index in [4.69, 9.17) is 9.15 Å². The lowest BCUT2D eigenvalue weighted by Crippen LogP contribution is -2.55. The van der Waals surface area contributed by atoms with Gasteiger partial charge in [-0.05, 0) is 31.2 Å². The van der Waals surface area contributed by atoms with Gasteiger partial charge in [-0.2, -0.15) is 18.4 Å². The van der Waals surface area contributed by atoms with Gasteiger partial charge in [0.05, 0.1) is 6.07 Å². The number of nitriles is 1. The predicted molar refractivity (Wildman–Crippen MR) is 120 cm³/mol. The second-order valence-electron chi connectivity index (χ2n) is 7.54. The van der Waals surface area contributed by atoms with Crippen molar-refractivity contribution in [3.05, 3.63) is 55.1 Å². The second-order valence-corrected chi connectivity index (χ2v) is 7.54. The Kier molecular flexibility index (Phi) is 9.84. The van der Waals surface area contributed by atoms with Crippen LogP contribution in [-0.2, 0) is 15.1 Å². The largest absolute Gasteiger partial charge is 0.458 e. The van der Waals surface area contributed by atoms with E-state index in [9.17, 15) is 28.0 Å². The van der Waals surface area contributed by atoms with Crippen LogP contribution in [0.5, 0.6) is 0 Å². The van der Waals surface area contributed by atoms with Gasteiger partial charge in [-0.3, -0.25) is 14.7 Å². The summed E-state index contributed by atoms with van der Waals surface area (Å²) in [5, 5.41) is 11.4. The highest BCUT2D eigenvalue weighted by Gasteiger charge is 2.39. The summed E-state index contributed by atoms with van der Waals surface area (Å²) in [6.45, 7) is 6.41. The molecule has 35 heavy (non-hydrogen) atoms. The first-order valence-electron chi connectivity index (χ1n) is 10.6. The van der Waals surface area contributed by atoms with Crippen LogP contribution >= 0.6 is 0 Å². The van der Waals surface area contributed by atoms with E-state index < -0.39 is 18.3 Å². The summed E-state index contributed by atoms with van der Waals surface area (Å²) in [5.41, 5.74) is -0.00566. The first-order chi connectivity index (χ1) is 16.6. The maximum atomic E-state index is 12.0. The Balaban J connectivity index is 0.000000466. The lowest BCUT2D eigenvalue weighted by molar-refractivity contribution is -0.132. The van der Waals surface area contributed by atoms with E-state index in [1.54, 1.807) is 17.3 Å². The molecule has 0 spiro atoms. The molecule has 1 atom stereocenters. The van der Waals surface area contributed by atoms with Crippen molar-refractivity contribution in [2.45, 2.75) is 18.6 Å². The van der Waals surface area contributed by atoms with Crippen molar-refractivity contribution in [3.63, 3.8) is 0 Å². The predicted octanol–water partition coefficient (Wildman–Crippen LogP) is 3.32. The van der Waals surface area contributed by atoms with Crippen LogP contribution in [0.1, 0.15) is 12.7 Å². The number of carbonyl (C=O) groups excluding carboxylic acids is 2. The van der Waals surface area contributed by atoms with Crippen LogP contribution in [0.4, 0.5) is 18.0 Å². The molecule has 2 aromatic heterocycles. The van der Waals surface area contributed by atoms with Crippen LogP contribution in [-0.4, -0.2) is 72.8 Å². The van der Waals surface area contributed by atoms with Gasteiger partial charge in [0.15, 0.2) is 5.54 Å². The van der Waals surface area contributed by atoms with Crippen molar-refractivity contribution in [1.82, 2.24) is 20.1 Å². The fourth-order valence-electron chi connectivity index (χ4n) is 3.27. The molecule has 1 N–H and O–H groups in total. The zero-order valence-electron chi connectivity index (χ0n) is 19.1. The molecule has 0 bridgehead atoms. The van der Waals surface area contributed by atoms with Crippen LogP contribution in [0.2, 0.25) is 0 Å². The van der Waals surface area contributed by atoms with E-state index in [2.05, 4.69) is 17.6 Å². The number of alkyl halides is 3. The molecule has 0 aromatic carbocycles. The number of amides is 2. The molecule has 1 fully saturated rings. The monoisotopic (exact) mass is 493 g/mol. The van der Waals surface area contributed by atoms with Crippen molar-refractivity contribution in [3.8, 4) is 17.4 Å². The zero-order chi connectivity index (χ0) is 25.9. The van der Waals surface area contributed by atoms with Gasteiger partial charge < -0.3 is 19.4 Å². The van der Waals surface area contributed by atoms with Crippen molar-refractivity contribution >= 4 is 12.5 Å². The fourth-order valence-corrected chi connectivity index (χ4v) is 3.27. The van der Waals surface area contributed by atoms with E-state index in [1.165, 1.54) is 11.4 Å². The van der Waals surface area contributed by atoms with Gasteiger partial charge in [-0.15, -0.1) is 0 Å². The van der Waals surface area contributed by atoms with Crippen LogP contribution in [0.15, 0.2) is 53.7 Å². The number of piperazine rings is 1. The van der Waals surface area contributed by atoms with Crippen LogP contribution in [0, 0.1) is 11.3 Å². The van der Waals surface area contributed by atoms with Crippen LogP contribution in [0.25, 0.3) is 11.3 Å². The van der Waals surface area contributed by atoms with Crippen molar-refractivity contribution in [1.29, 1.82) is 5.26 Å². The minimum Gasteiger partial charge on any atom is -0.458 e. The third kappa shape index (κ3) is 7.86. The maximum absolute atomic E-state index is 12.0. The van der Waals surface area contributed by atoms with Gasteiger partial charge in [0.2, 0.25) is 6.41 Å². The summed E-state index contributed by atoms with van der Waals surface area (Å²) in [5.74, 6) is 1.28. The Labute approximate surface area is 200 Å². The number of furan rings is 1. The number of hydrogen-bond donors (Lipinski definition) is 1. The number of aromatic nitrogens is 1. The van der Waals surface area contributed by atoms with E-state index in [1.807, 2.05) is 36.1 Å². The minimum atomic E-state index is -4.29. The first-order valence-corrected chi connectivity index (χ1v) is 10.6. The number of nitrogens with one attached hydrogen (secondary N) is 1. The van der Waals surface area contributed by atoms with E-state index in [0.717, 1.165) is 5.56 Å². The molecule has 188 valence electrons. The molecule has 9 nitrogen and oxygen atoms in total. The van der Waals surface area contributed by atoms with Gasteiger partial charge in [-0.25, -0.2) is 4.79 Å². The summed E-state index contributed by atoms with van der Waals surface area (Å²) in [7, 11) is 0. The van der Waals surface area contributed by atoms with Crippen molar-refractivity contribution in [2.75, 3.05) is 39.3 Å². The molecule has 2 aromatic rings. The summed E-state index contributed by atoms with van der Waals surface area (Å²) in [6.07, 6.45) is 0.301. The molecule has 0 radical (unpaired) electrons. The Morgan fingerprint density at radius 3 is 2.43 bits per heavy atom. The average Bonchev–Trinajstić information content (AvgIpc) is 3.37. The Morgan fingerprint density at radius 2 is 1.91 bits per heavy atom. The number of hydrogen-bond acceptors (Lipinski definition) is 7. The van der Waals surface area contributed by atoms with Gasteiger partial charge in [-0.1, -0.05) is 12.7 Å². The normalized spacial score (nSPS) is 15.6. The number of halogens is 3. The maximum Gasteiger partial charge on any atom is 0.410 e. The summed E-state index contributed by atoms with van der Waals surface area (Å²) in [4.78, 5) is 28.9. The first kappa shape index (κ1) is 27.4. The third-order valence-corrected chi connectivity index (χ3v) is 5.15. The van der Waals surface area contributed by atoms with Gasteiger partial charge in [0.25, 0.3) is 0 Å². The highest BCUT2D eigenvalue weighted by molar-refractivity contribution is 5.67. The molecule has 1 aliphatic rings. The Hall–Kier alpha value is -3.85. The summed E-state index contributed by atoms with van der Waals surface area (Å²) < 4.78 is 44.1. The lowest BCUT2D eigenvalue weighted by atomic mass is 9.97. The quantitative estimate of drug-likeness (QED) is 0.465. The highest BCUT2D eigenvalue weighted by atomic mass is 19.4. The molecule has 3 rings (SSSR count). The third-order valence-electron chi connectivity index (χ3n) is 5.15. The zero-order valence-corrected chi connectivity index (χ0v) is 19.1. The van der Waals surface area contributed by atoms with E-state index in [-0.39, 0.29) is 19.1 Å². The van der Waals surface area contributed by atoms with Gasteiger partial charge in [0, 0.05) is 44.1 Å². The molecular formula is C23H26F3N5O4.